The summed E-state index contributed by atoms with van der Waals surface area (Å²) in [6, 6.07) is -11.7. The first kappa shape index (κ1) is 12.2. The normalized spacial score (nSPS) is 19.3. The predicted octanol–water partition coefficient (Wildman–Crippen LogP) is 9.91. The summed E-state index contributed by atoms with van der Waals surface area (Å²) in [5.74, 6) is -1.29. The maximum atomic E-state index is 9.27. The number of para-hydroxylation sites is 1. The summed E-state index contributed by atoms with van der Waals surface area (Å²) in [7, 11) is 0. The van der Waals surface area contributed by atoms with Gasteiger partial charge in [-0.2, -0.15) is 0 Å². The van der Waals surface area contributed by atoms with Crippen LogP contribution in [0.1, 0.15) is 46.8 Å². The number of aliphatic imine (C=N–C) groups is 2. The Morgan fingerprint density at radius 2 is 1.38 bits per heavy atom. The Hall–Kier alpha value is -6.00. The molecule has 0 fully saturated rings. The zero-order valence-electron chi connectivity index (χ0n) is 44.8. The van der Waals surface area contributed by atoms with Gasteiger partial charge in [-0.25, -0.2) is 4.99 Å². The summed E-state index contributed by atoms with van der Waals surface area (Å²) in [6.45, 7) is -0.865. The highest BCUT2D eigenvalue weighted by Crippen LogP contribution is 2.32. The van der Waals surface area contributed by atoms with Crippen molar-refractivity contribution >= 4 is 55.2 Å². The van der Waals surface area contributed by atoms with Crippen LogP contribution in [0, 0.1) is 0 Å². The van der Waals surface area contributed by atoms with Gasteiger partial charge in [0.05, 0.1) is 36.7 Å². The van der Waals surface area contributed by atoms with Gasteiger partial charge in [-0.3, -0.25) is 4.99 Å². The van der Waals surface area contributed by atoms with Crippen molar-refractivity contribution in [3.05, 3.63) is 168 Å². The van der Waals surface area contributed by atoms with Crippen LogP contribution in [-0.2, 0) is 6.54 Å². The van der Waals surface area contributed by atoms with Crippen molar-refractivity contribution in [3.8, 4) is 11.1 Å². The van der Waals surface area contributed by atoms with Crippen LogP contribution >= 0.6 is 0 Å². The molecule has 1 aromatic heterocycles. The summed E-state index contributed by atoms with van der Waals surface area (Å²) < 4.78 is 196. The molecule has 8 rings (SSSR count). The van der Waals surface area contributed by atoms with Crippen molar-refractivity contribution in [3.63, 3.8) is 0 Å². The molecule has 0 aliphatic carbocycles. The molecule has 214 valence electrons. The summed E-state index contributed by atoms with van der Waals surface area (Å²) in [4.78, 5) is 8.65. The number of hydrogen-bond acceptors (Lipinski definition) is 2. The van der Waals surface area contributed by atoms with E-state index in [-0.39, 0.29) is 45.6 Å². The molecule has 4 heteroatoms. The molecule has 0 saturated heterocycles. The molecule has 0 saturated carbocycles. The van der Waals surface area contributed by atoms with Gasteiger partial charge in [0, 0.05) is 21.9 Å². The van der Waals surface area contributed by atoms with E-state index in [1.54, 1.807) is 0 Å². The lowest BCUT2D eigenvalue weighted by Crippen LogP contribution is -2.16. The average molecular weight is 602 g/mol. The molecule has 0 spiro atoms. The van der Waals surface area contributed by atoms with Gasteiger partial charge in [0.2, 0.25) is 0 Å². The van der Waals surface area contributed by atoms with Crippen molar-refractivity contribution in [2.24, 2.45) is 15.7 Å². The zero-order valence-corrected chi connectivity index (χ0v) is 22.8. The maximum Gasteiger partial charge on any atom is 0.157 e. The van der Waals surface area contributed by atoms with E-state index in [0.29, 0.717) is 0 Å². The molecule has 0 bridgehead atoms. The predicted molar refractivity (Wildman–Crippen MR) is 188 cm³/mol. The number of benzene rings is 7. The largest absolute Gasteiger partial charge is 0.456 e. The van der Waals surface area contributed by atoms with E-state index in [2.05, 4.69) is 9.98 Å². The SMILES string of the molecule is [2H]c1cc([2H])c2oc3c([2H])cc([2H])c(C(N)=NC(=NCc4c([2H])c([2H])c(-c5c([2H])c([2H])c6c([2H])c([2H])c7c([2H])c([2H])c([2H])c([2H])c7c6c5[2H])c([2H])c4[2H])c4c([2H])c([2H])c([2H])c([2H])c4[2H])c3c2c1. The molecule has 0 atom stereocenters. The van der Waals surface area contributed by atoms with Gasteiger partial charge < -0.3 is 10.2 Å². The van der Waals surface area contributed by atoms with Crippen LogP contribution in [-0.4, -0.2) is 11.7 Å². The highest BCUT2D eigenvalue weighted by atomic mass is 16.3. The zero-order chi connectivity index (χ0) is 49.3. The molecular formula is C41H29N3O. The van der Waals surface area contributed by atoms with Crippen molar-refractivity contribution in [1.82, 2.24) is 0 Å². The lowest BCUT2D eigenvalue weighted by Gasteiger charge is -2.09. The van der Waals surface area contributed by atoms with Gasteiger partial charge in [0.1, 0.15) is 17.0 Å². The van der Waals surface area contributed by atoms with Crippen LogP contribution in [0.4, 0.5) is 0 Å². The van der Waals surface area contributed by atoms with Crippen LogP contribution in [0.2, 0.25) is 0 Å². The molecule has 7 aromatic carbocycles. The minimum absolute atomic E-state index is 0.00794. The highest BCUT2D eigenvalue weighted by molar-refractivity contribution is 6.20. The Kier molecular flexibility index (Phi) is 3.04. The molecule has 4 nitrogen and oxygen atoms in total. The lowest BCUT2D eigenvalue weighted by atomic mass is 9.97. The summed E-state index contributed by atoms with van der Waals surface area (Å²) >= 11 is 0. The Balaban J connectivity index is 1.38. The number of furan rings is 1. The van der Waals surface area contributed by atoms with E-state index in [9.17, 15) is 1.37 Å². The molecule has 1 heterocycles. The van der Waals surface area contributed by atoms with Crippen molar-refractivity contribution in [2.75, 3.05) is 0 Å². The standard InChI is InChI=1S/C41H29N3O/c42-40(35-14-8-16-38-39(35)34-13-6-7-15-37(34)45-38)44-41(31-10-2-1-3-11-31)43-26-27-17-19-28(20-18-27)32-24-23-30-22-21-29-9-4-5-12-33(29)36(30)25-32/h1-25H,26H2,(H2,42,43,44)/i1D,2D,3D,4D,5D,6D,9D,10D,11D,12D,14D,15D,16D,17D,18D,19D,20D,21D,22D,23D,24D,25D. The van der Waals surface area contributed by atoms with Gasteiger partial charge in [0.15, 0.2) is 5.84 Å². The first-order valence-corrected chi connectivity index (χ1v) is 13.3. The van der Waals surface area contributed by atoms with Crippen LogP contribution in [0.5, 0.6) is 0 Å². The topological polar surface area (TPSA) is 63.9 Å². The van der Waals surface area contributed by atoms with Gasteiger partial charge in [0.25, 0.3) is 0 Å². The smallest absolute Gasteiger partial charge is 0.157 e. The van der Waals surface area contributed by atoms with Crippen LogP contribution in [0.3, 0.4) is 0 Å². The fourth-order valence-corrected chi connectivity index (χ4v) is 4.65. The van der Waals surface area contributed by atoms with Crippen molar-refractivity contribution in [2.45, 2.75) is 6.54 Å². The van der Waals surface area contributed by atoms with E-state index in [1.807, 2.05) is 0 Å². The molecule has 0 aliphatic rings. The monoisotopic (exact) mass is 601 g/mol. The molecule has 2 N–H and O–H groups in total. The van der Waals surface area contributed by atoms with Crippen LogP contribution in [0.15, 0.2) is 166 Å². The quantitative estimate of drug-likeness (QED) is 0.121. The highest BCUT2D eigenvalue weighted by Gasteiger charge is 2.14. The fourth-order valence-electron chi connectivity index (χ4n) is 4.65. The number of amidine groups is 2. The minimum atomic E-state index is -0.875. The number of hydrogen-bond donors (Lipinski definition) is 1. The third kappa shape index (κ3) is 5.02. The Labute approximate surface area is 291 Å². The van der Waals surface area contributed by atoms with E-state index >= 15 is 0 Å². The van der Waals surface area contributed by atoms with Crippen LogP contribution in [0.25, 0.3) is 54.6 Å². The van der Waals surface area contributed by atoms with E-state index in [4.69, 9.17) is 38.9 Å². The number of nitrogens with two attached hydrogens (primary N) is 1. The second-order valence-corrected chi connectivity index (χ2v) is 9.45. The number of nitrogens with zero attached hydrogens (tertiary/aromatic N) is 2. The molecule has 0 aliphatic heterocycles. The second kappa shape index (κ2) is 11.3. The first-order valence-electron chi connectivity index (χ1n) is 24.3. The van der Waals surface area contributed by atoms with Crippen LogP contribution < -0.4 is 5.73 Å². The molecule has 0 unspecified atom stereocenters. The summed E-state index contributed by atoms with van der Waals surface area (Å²) in [6.07, 6.45) is 0. The average Bonchev–Trinajstić information content (AvgIpc) is 3.66. The second-order valence-electron chi connectivity index (χ2n) is 9.45. The summed E-state index contributed by atoms with van der Waals surface area (Å²) in [5, 5.41) is -1.73. The molecule has 45 heavy (non-hydrogen) atoms. The fraction of sp³-hybridized carbons (Fsp3) is 0.0244. The molecule has 0 amide bonds. The van der Waals surface area contributed by atoms with Crippen molar-refractivity contribution in [1.29, 1.82) is 0 Å². The van der Waals surface area contributed by atoms with Crippen molar-refractivity contribution < 1.29 is 34.6 Å². The van der Waals surface area contributed by atoms with Gasteiger partial charge in [-0.05, 0) is 56.4 Å². The van der Waals surface area contributed by atoms with E-state index in [1.165, 1.54) is 12.1 Å². The summed E-state index contributed by atoms with van der Waals surface area (Å²) in [5.41, 5.74) is 3.69. The first-order chi connectivity index (χ1) is 31.3. The molecule has 8 aromatic rings. The molecule has 0 radical (unpaired) electrons. The lowest BCUT2D eigenvalue weighted by molar-refractivity contribution is 0.669. The van der Waals surface area contributed by atoms with E-state index < -0.39 is 177 Å². The third-order valence-electron chi connectivity index (χ3n) is 6.71. The Morgan fingerprint density at radius 1 is 0.644 bits per heavy atom. The number of fused-ring (bicyclic) bond motifs is 6. The van der Waals surface area contributed by atoms with Gasteiger partial charge in [-0.15, -0.1) is 0 Å². The minimum Gasteiger partial charge on any atom is -0.456 e. The Bertz CT molecular complexity index is 3600. The van der Waals surface area contributed by atoms with Gasteiger partial charge in [-0.1, -0.05) is 133 Å². The van der Waals surface area contributed by atoms with Gasteiger partial charge >= 0.3 is 0 Å². The third-order valence-corrected chi connectivity index (χ3v) is 6.71. The Morgan fingerprint density at radius 3 is 2.24 bits per heavy atom. The van der Waals surface area contributed by atoms with E-state index in [0.717, 1.165) is 6.07 Å². The molecular weight excluding hydrogens is 550 g/mol. The number of rotatable bonds is 5. The maximum absolute atomic E-state index is 9.27.